The number of anilines is 1. The smallest absolute Gasteiger partial charge is 0.248 e. The summed E-state index contributed by atoms with van der Waals surface area (Å²) in [6, 6.07) is 17.3. The summed E-state index contributed by atoms with van der Waals surface area (Å²) in [5.74, 6) is 0.438. The van der Waals surface area contributed by atoms with Crippen LogP contribution in [0.15, 0.2) is 65.1 Å². The summed E-state index contributed by atoms with van der Waals surface area (Å²) in [4.78, 5) is 12.1. The average Bonchev–Trinajstić information content (AvgIpc) is 3.02. The largest absolute Gasteiger partial charge is 0.457 e. The van der Waals surface area contributed by atoms with Gasteiger partial charge in [-0.3, -0.25) is 4.79 Å². The zero-order chi connectivity index (χ0) is 16.8. The van der Waals surface area contributed by atoms with Crippen LogP contribution < -0.4 is 5.32 Å². The van der Waals surface area contributed by atoms with Gasteiger partial charge in [-0.25, -0.2) is 0 Å². The molecule has 0 spiro atoms. The maximum Gasteiger partial charge on any atom is 0.248 e. The molecule has 1 amide bonds. The van der Waals surface area contributed by atoms with Crippen LogP contribution in [0.2, 0.25) is 0 Å². The second-order valence-electron chi connectivity index (χ2n) is 5.30. The van der Waals surface area contributed by atoms with E-state index in [1.807, 2.05) is 61.5 Å². The van der Waals surface area contributed by atoms with Crippen molar-refractivity contribution < 1.29 is 13.9 Å². The Bertz CT molecular complexity index is 831. The summed E-state index contributed by atoms with van der Waals surface area (Å²) in [7, 11) is 0. The lowest BCUT2D eigenvalue weighted by Gasteiger charge is -2.09. The Morgan fingerprint density at radius 2 is 1.96 bits per heavy atom. The van der Waals surface area contributed by atoms with Gasteiger partial charge in [-0.05, 0) is 31.2 Å². The van der Waals surface area contributed by atoms with Gasteiger partial charge in [-0.2, -0.15) is 0 Å². The summed E-state index contributed by atoms with van der Waals surface area (Å²) in [6.07, 6.45) is 3.13. The van der Waals surface area contributed by atoms with Crippen LogP contribution in [0.4, 0.5) is 5.69 Å². The van der Waals surface area contributed by atoms with E-state index in [0.29, 0.717) is 19.0 Å². The van der Waals surface area contributed by atoms with Gasteiger partial charge in [0.05, 0.1) is 6.61 Å². The first-order chi connectivity index (χ1) is 11.8. The van der Waals surface area contributed by atoms with Gasteiger partial charge in [0.1, 0.15) is 11.3 Å². The lowest BCUT2D eigenvalue weighted by Crippen LogP contribution is -2.10. The zero-order valence-electron chi connectivity index (χ0n) is 13.5. The van der Waals surface area contributed by atoms with Crippen molar-refractivity contribution in [3.8, 4) is 0 Å². The van der Waals surface area contributed by atoms with Crippen molar-refractivity contribution in [2.45, 2.75) is 13.5 Å². The quantitative estimate of drug-likeness (QED) is 0.674. The molecule has 0 saturated heterocycles. The Morgan fingerprint density at radius 3 is 2.79 bits per heavy atom. The number of benzene rings is 2. The Balaban J connectivity index is 1.69. The van der Waals surface area contributed by atoms with E-state index in [4.69, 9.17) is 9.15 Å². The second kappa shape index (κ2) is 7.62. The van der Waals surface area contributed by atoms with Crippen LogP contribution in [0.5, 0.6) is 0 Å². The van der Waals surface area contributed by atoms with Crippen LogP contribution in [0.25, 0.3) is 17.0 Å². The van der Waals surface area contributed by atoms with E-state index in [1.165, 1.54) is 6.08 Å². The van der Waals surface area contributed by atoms with Crippen LogP contribution in [0.1, 0.15) is 18.2 Å². The lowest BCUT2D eigenvalue weighted by atomic mass is 10.2. The number of carbonyl (C=O) groups is 1. The molecule has 122 valence electrons. The Labute approximate surface area is 140 Å². The minimum atomic E-state index is -0.209. The van der Waals surface area contributed by atoms with E-state index in [1.54, 1.807) is 6.08 Å². The molecule has 1 heterocycles. The van der Waals surface area contributed by atoms with Gasteiger partial charge in [0, 0.05) is 29.3 Å². The van der Waals surface area contributed by atoms with E-state index >= 15 is 0 Å². The van der Waals surface area contributed by atoms with Gasteiger partial charge in [0.25, 0.3) is 0 Å². The predicted molar refractivity (Wildman–Crippen MR) is 95.6 cm³/mol. The van der Waals surface area contributed by atoms with E-state index in [-0.39, 0.29) is 5.91 Å². The number of rotatable bonds is 6. The highest BCUT2D eigenvalue weighted by Gasteiger charge is 2.05. The second-order valence-corrected chi connectivity index (χ2v) is 5.30. The lowest BCUT2D eigenvalue weighted by molar-refractivity contribution is -0.111. The fourth-order valence-corrected chi connectivity index (χ4v) is 2.40. The minimum absolute atomic E-state index is 0.209. The molecule has 0 fully saturated rings. The molecule has 4 heteroatoms. The Morgan fingerprint density at radius 1 is 1.17 bits per heavy atom. The van der Waals surface area contributed by atoms with E-state index in [2.05, 4.69) is 5.32 Å². The van der Waals surface area contributed by atoms with Crippen molar-refractivity contribution in [1.82, 2.24) is 0 Å². The van der Waals surface area contributed by atoms with Gasteiger partial charge in [0.15, 0.2) is 0 Å². The van der Waals surface area contributed by atoms with Crippen LogP contribution in [-0.2, 0) is 16.1 Å². The highest BCUT2D eigenvalue weighted by molar-refractivity contribution is 6.02. The third-order valence-electron chi connectivity index (χ3n) is 3.58. The molecule has 0 aliphatic heterocycles. The molecular weight excluding hydrogens is 302 g/mol. The standard InChI is InChI=1S/C20H19NO3/c1-2-23-14-16-8-3-5-9-18(16)21-20(22)12-11-17-13-15-7-4-6-10-19(15)24-17/h3-13H,2,14H2,1H3,(H,21,22). The molecule has 0 radical (unpaired) electrons. The van der Waals surface area contributed by atoms with E-state index in [0.717, 1.165) is 22.2 Å². The molecule has 0 saturated carbocycles. The fourth-order valence-electron chi connectivity index (χ4n) is 2.40. The zero-order valence-corrected chi connectivity index (χ0v) is 13.5. The fraction of sp³-hybridized carbons (Fsp3) is 0.150. The molecule has 0 atom stereocenters. The highest BCUT2D eigenvalue weighted by Crippen LogP contribution is 2.20. The summed E-state index contributed by atoms with van der Waals surface area (Å²) >= 11 is 0. The number of para-hydroxylation sites is 2. The first-order valence-corrected chi connectivity index (χ1v) is 7.89. The SMILES string of the molecule is CCOCc1ccccc1NC(=O)C=Cc1cc2ccccc2o1. The molecule has 3 rings (SSSR count). The molecule has 1 N–H and O–H groups in total. The third kappa shape index (κ3) is 3.91. The van der Waals surface area contributed by atoms with Gasteiger partial charge >= 0.3 is 0 Å². The first-order valence-electron chi connectivity index (χ1n) is 7.89. The molecule has 0 aliphatic rings. The van der Waals surface area contributed by atoms with Gasteiger partial charge in [0.2, 0.25) is 5.91 Å². The van der Waals surface area contributed by atoms with Gasteiger partial charge in [-0.15, -0.1) is 0 Å². The van der Waals surface area contributed by atoms with Gasteiger partial charge in [-0.1, -0.05) is 36.4 Å². The minimum Gasteiger partial charge on any atom is -0.457 e. The number of ether oxygens (including phenoxy) is 1. The Hall–Kier alpha value is -2.85. The normalized spacial score (nSPS) is 11.2. The van der Waals surface area contributed by atoms with Crippen molar-refractivity contribution in [2.75, 3.05) is 11.9 Å². The molecule has 3 aromatic rings. The first kappa shape index (κ1) is 16.0. The maximum atomic E-state index is 12.1. The molecule has 2 aromatic carbocycles. The van der Waals surface area contributed by atoms with Crippen LogP contribution >= 0.6 is 0 Å². The predicted octanol–water partition coefficient (Wildman–Crippen LogP) is 4.62. The topological polar surface area (TPSA) is 51.5 Å². The molecular formula is C20H19NO3. The van der Waals surface area contributed by atoms with Crippen LogP contribution in [0.3, 0.4) is 0 Å². The number of nitrogens with one attached hydrogen (secondary N) is 1. The summed E-state index contributed by atoms with van der Waals surface area (Å²) in [5, 5.41) is 3.89. The molecule has 0 bridgehead atoms. The van der Waals surface area contributed by atoms with Crippen LogP contribution in [0, 0.1) is 0 Å². The monoisotopic (exact) mass is 321 g/mol. The summed E-state index contributed by atoms with van der Waals surface area (Å²) in [6.45, 7) is 3.05. The number of fused-ring (bicyclic) bond motifs is 1. The third-order valence-corrected chi connectivity index (χ3v) is 3.58. The summed E-state index contributed by atoms with van der Waals surface area (Å²) in [5.41, 5.74) is 2.51. The van der Waals surface area contributed by atoms with E-state index in [9.17, 15) is 4.79 Å². The number of hydrogen-bond acceptors (Lipinski definition) is 3. The van der Waals surface area contributed by atoms with Crippen molar-refractivity contribution >= 4 is 28.6 Å². The number of furan rings is 1. The van der Waals surface area contributed by atoms with Crippen LogP contribution in [-0.4, -0.2) is 12.5 Å². The van der Waals surface area contributed by atoms with Crippen molar-refractivity contribution in [3.63, 3.8) is 0 Å². The van der Waals surface area contributed by atoms with Crippen molar-refractivity contribution in [2.24, 2.45) is 0 Å². The van der Waals surface area contributed by atoms with Gasteiger partial charge < -0.3 is 14.5 Å². The molecule has 0 unspecified atom stereocenters. The Kier molecular flexibility index (Phi) is 5.08. The summed E-state index contributed by atoms with van der Waals surface area (Å²) < 4.78 is 11.1. The van der Waals surface area contributed by atoms with E-state index < -0.39 is 0 Å². The molecule has 24 heavy (non-hydrogen) atoms. The molecule has 4 nitrogen and oxygen atoms in total. The number of amides is 1. The maximum absolute atomic E-state index is 12.1. The number of carbonyl (C=O) groups excluding carboxylic acids is 1. The number of hydrogen-bond donors (Lipinski definition) is 1. The molecule has 0 aliphatic carbocycles. The average molecular weight is 321 g/mol. The van der Waals surface area contributed by atoms with Crippen molar-refractivity contribution in [1.29, 1.82) is 0 Å². The highest BCUT2D eigenvalue weighted by atomic mass is 16.5. The van der Waals surface area contributed by atoms with Crippen molar-refractivity contribution in [3.05, 3.63) is 72.0 Å². The molecule has 1 aromatic heterocycles.